The molecule has 158 valence electrons. The Kier molecular flexibility index (Phi) is 6.17. The van der Waals surface area contributed by atoms with Gasteiger partial charge in [-0.2, -0.15) is 5.10 Å². The highest BCUT2D eigenvalue weighted by molar-refractivity contribution is 7.14. The van der Waals surface area contributed by atoms with Gasteiger partial charge in [-0.05, 0) is 43.0 Å². The number of aromatic nitrogens is 2. The molecular formula is C21H21ClF2N4OS. The molecule has 1 aliphatic rings. The largest absolute Gasteiger partial charge is 0.347 e. The first-order chi connectivity index (χ1) is 14.4. The van der Waals surface area contributed by atoms with Gasteiger partial charge < -0.3 is 5.32 Å². The number of fused-ring (bicyclic) bond motifs is 3. The Morgan fingerprint density at radius 1 is 1.43 bits per heavy atom. The van der Waals surface area contributed by atoms with E-state index < -0.39 is 6.04 Å². The minimum atomic E-state index is -0.509. The van der Waals surface area contributed by atoms with E-state index in [1.165, 1.54) is 30.5 Å². The zero-order chi connectivity index (χ0) is 21.3. The molecule has 9 heteroatoms. The molecule has 0 saturated carbocycles. The van der Waals surface area contributed by atoms with Crippen molar-refractivity contribution in [3.63, 3.8) is 0 Å². The molecule has 1 N–H and O–H groups in total. The Morgan fingerprint density at radius 2 is 2.27 bits per heavy atom. The van der Waals surface area contributed by atoms with Gasteiger partial charge in [0.15, 0.2) is 0 Å². The van der Waals surface area contributed by atoms with E-state index in [0.717, 1.165) is 35.5 Å². The number of carbonyl (C=O) groups is 1. The van der Waals surface area contributed by atoms with Crippen LogP contribution in [0.15, 0.2) is 36.5 Å². The fourth-order valence-electron chi connectivity index (χ4n) is 3.79. The van der Waals surface area contributed by atoms with Crippen LogP contribution in [0.25, 0.3) is 11.3 Å². The van der Waals surface area contributed by atoms with Gasteiger partial charge in [0.1, 0.15) is 5.82 Å². The lowest BCUT2D eigenvalue weighted by molar-refractivity contribution is 0.0469. The second-order valence-electron chi connectivity index (χ2n) is 7.41. The molecule has 0 aliphatic carbocycles. The monoisotopic (exact) mass is 450 g/mol. The fourth-order valence-corrected chi connectivity index (χ4v) is 5.13. The summed E-state index contributed by atoms with van der Waals surface area (Å²) in [5, 5.41) is 8.30. The maximum Gasteiger partial charge on any atom is 0.261 e. The van der Waals surface area contributed by atoms with Gasteiger partial charge in [-0.25, -0.2) is 4.39 Å². The van der Waals surface area contributed by atoms with Crippen LogP contribution in [0.4, 0.5) is 8.87 Å². The van der Waals surface area contributed by atoms with Crippen molar-refractivity contribution in [2.45, 2.75) is 31.8 Å². The molecular weight excluding hydrogens is 430 g/mol. The van der Waals surface area contributed by atoms with Gasteiger partial charge in [0, 0.05) is 36.6 Å². The molecule has 1 atom stereocenters. The minimum Gasteiger partial charge on any atom is -0.347 e. The molecule has 1 aliphatic heterocycles. The molecule has 0 unspecified atom stereocenters. The van der Waals surface area contributed by atoms with Gasteiger partial charge >= 0.3 is 0 Å². The molecule has 4 rings (SSSR count). The van der Waals surface area contributed by atoms with Crippen LogP contribution >= 0.6 is 22.9 Å². The van der Waals surface area contributed by atoms with Gasteiger partial charge in [0.25, 0.3) is 5.91 Å². The Hall–Kier alpha value is -2.29. The van der Waals surface area contributed by atoms with E-state index in [1.807, 2.05) is 10.7 Å². The van der Waals surface area contributed by atoms with Crippen LogP contribution < -0.4 is 5.32 Å². The second kappa shape index (κ2) is 8.83. The maximum absolute atomic E-state index is 13.6. The van der Waals surface area contributed by atoms with Crippen molar-refractivity contribution < 1.29 is 13.7 Å². The van der Waals surface area contributed by atoms with E-state index in [1.54, 1.807) is 18.3 Å². The predicted molar refractivity (Wildman–Crippen MR) is 114 cm³/mol. The smallest absolute Gasteiger partial charge is 0.261 e. The van der Waals surface area contributed by atoms with Gasteiger partial charge in [0.2, 0.25) is 0 Å². The highest BCUT2D eigenvalue weighted by Gasteiger charge is 2.24. The molecule has 2 aromatic heterocycles. The average Bonchev–Trinajstić information content (AvgIpc) is 3.20. The van der Waals surface area contributed by atoms with E-state index >= 15 is 0 Å². The first-order valence-corrected chi connectivity index (χ1v) is 10.9. The van der Waals surface area contributed by atoms with E-state index in [0.29, 0.717) is 27.0 Å². The first-order valence-electron chi connectivity index (χ1n) is 9.67. The van der Waals surface area contributed by atoms with Crippen molar-refractivity contribution >= 4 is 28.8 Å². The van der Waals surface area contributed by atoms with Crippen molar-refractivity contribution in [3.05, 3.63) is 62.7 Å². The number of hydrogen-bond acceptors (Lipinski definition) is 4. The second-order valence-corrected chi connectivity index (χ2v) is 8.95. The van der Waals surface area contributed by atoms with Gasteiger partial charge in [-0.1, -0.05) is 23.7 Å². The van der Waals surface area contributed by atoms with Crippen LogP contribution in [-0.4, -0.2) is 40.4 Å². The van der Waals surface area contributed by atoms with E-state index in [-0.39, 0.29) is 18.3 Å². The summed E-state index contributed by atoms with van der Waals surface area (Å²) in [5.41, 5.74) is 2.45. The third-order valence-corrected chi connectivity index (χ3v) is 6.50. The zero-order valence-corrected chi connectivity index (χ0v) is 17.9. The summed E-state index contributed by atoms with van der Waals surface area (Å²) in [6, 6.07) is 7.44. The number of halogens is 3. The normalized spacial score (nSPS) is 14.2. The summed E-state index contributed by atoms with van der Waals surface area (Å²) in [5.74, 6) is -0.639. The molecule has 0 bridgehead atoms. The zero-order valence-electron chi connectivity index (χ0n) is 16.4. The SMILES string of the molecule is CN(F)C[C@H](Cc1cccc(F)c1)NC(=O)c1cc2c(s1)CCCn1ncc(Cl)c1-2. The number of hydrogen-bond donors (Lipinski definition) is 1. The maximum atomic E-state index is 13.6. The number of rotatable bonds is 6. The van der Waals surface area contributed by atoms with Crippen LogP contribution in [-0.2, 0) is 19.4 Å². The molecule has 30 heavy (non-hydrogen) atoms. The highest BCUT2D eigenvalue weighted by Crippen LogP contribution is 2.38. The van der Waals surface area contributed by atoms with Crippen molar-refractivity contribution in [1.82, 2.24) is 20.2 Å². The van der Waals surface area contributed by atoms with Gasteiger partial charge in [-0.3, -0.25) is 9.48 Å². The predicted octanol–water partition coefficient (Wildman–Crippen LogP) is 4.51. The Morgan fingerprint density at radius 3 is 3.03 bits per heavy atom. The number of amides is 1. The van der Waals surface area contributed by atoms with E-state index in [2.05, 4.69) is 10.4 Å². The molecule has 5 nitrogen and oxygen atoms in total. The summed E-state index contributed by atoms with van der Waals surface area (Å²) in [7, 11) is 1.29. The molecule has 0 saturated heterocycles. The van der Waals surface area contributed by atoms with Crippen LogP contribution in [0, 0.1) is 5.82 Å². The topological polar surface area (TPSA) is 50.2 Å². The molecule has 0 fully saturated rings. The van der Waals surface area contributed by atoms with E-state index in [4.69, 9.17) is 11.6 Å². The number of benzene rings is 1. The van der Waals surface area contributed by atoms with Crippen LogP contribution in [0.1, 0.15) is 26.5 Å². The third-order valence-electron chi connectivity index (χ3n) is 5.03. The molecule has 0 radical (unpaired) electrons. The summed E-state index contributed by atoms with van der Waals surface area (Å²) < 4.78 is 29.0. The summed E-state index contributed by atoms with van der Waals surface area (Å²) in [4.78, 5) is 14.6. The lowest BCUT2D eigenvalue weighted by atomic mass is 10.1. The van der Waals surface area contributed by atoms with Crippen molar-refractivity contribution in [1.29, 1.82) is 0 Å². The summed E-state index contributed by atoms with van der Waals surface area (Å²) >= 11 is 7.76. The Bertz CT molecular complexity index is 1070. The lowest BCUT2D eigenvalue weighted by Crippen LogP contribution is -2.42. The summed E-state index contributed by atoms with van der Waals surface area (Å²) in [6.45, 7) is 0.773. The number of carbonyl (C=O) groups excluding carboxylic acids is 1. The van der Waals surface area contributed by atoms with Crippen molar-refractivity contribution in [2.24, 2.45) is 0 Å². The quantitative estimate of drug-likeness (QED) is 0.562. The molecule has 0 spiro atoms. The molecule has 1 aromatic carbocycles. The van der Waals surface area contributed by atoms with Crippen molar-refractivity contribution in [3.8, 4) is 11.3 Å². The Labute approximate surface area is 182 Å². The summed E-state index contributed by atoms with van der Waals surface area (Å²) in [6.07, 6.45) is 3.69. The Balaban J connectivity index is 1.56. The van der Waals surface area contributed by atoms with E-state index in [9.17, 15) is 13.7 Å². The average molecular weight is 451 g/mol. The number of thiophene rings is 1. The minimum absolute atomic E-state index is 0.00799. The molecule has 1 amide bonds. The van der Waals surface area contributed by atoms with Crippen LogP contribution in [0.3, 0.4) is 0 Å². The molecule has 3 heterocycles. The molecule has 3 aromatic rings. The fraction of sp³-hybridized carbons (Fsp3) is 0.333. The third kappa shape index (κ3) is 4.55. The number of nitrogens with one attached hydrogen (secondary N) is 1. The lowest BCUT2D eigenvalue weighted by Gasteiger charge is -2.20. The number of nitrogens with zero attached hydrogens (tertiary/aromatic N) is 3. The number of likely N-dealkylation sites (N-methyl/N-ethyl adjacent to an activating group) is 1. The van der Waals surface area contributed by atoms with Gasteiger partial charge in [-0.15, -0.1) is 20.9 Å². The standard InChI is InChI=1S/C21H21ClF2N4OS/c1-27(24)12-15(9-13-4-2-5-14(23)8-13)26-21(29)19-10-16-18(30-19)6-3-7-28-20(16)17(22)11-25-28/h2,4-5,8,10-11,15H,3,6-7,9,12H2,1H3,(H,26,29)/t15-/m0/s1. The van der Waals surface area contributed by atoms with Crippen molar-refractivity contribution in [2.75, 3.05) is 13.6 Å². The van der Waals surface area contributed by atoms with Gasteiger partial charge in [0.05, 0.1) is 21.8 Å². The van der Waals surface area contributed by atoms with Crippen LogP contribution in [0.2, 0.25) is 5.02 Å². The van der Waals surface area contributed by atoms with Crippen LogP contribution in [0.5, 0.6) is 0 Å². The highest BCUT2D eigenvalue weighted by atomic mass is 35.5. The first kappa shape index (κ1) is 21.0. The number of aryl methyl sites for hydroxylation is 2.